The van der Waals surface area contributed by atoms with E-state index in [9.17, 15) is 18.3 Å². The van der Waals surface area contributed by atoms with Crippen molar-refractivity contribution >= 4 is 0 Å². The van der Waals surface area contributed by atoms with Crippen LogP contribution in [0.5, 0.6) is 5.75 Å². The molecule has 6 heteroatoms. The highest BCUT2D eigenvalue weighted by molar-refractivity contribution is 5.39. The van der Waals surface area contributed by atoms with Gasteiger partial charge in [-0.05, 0) is 42.6 Å². The van der Waals surface area contributed by atoms with Crippen LogP contribution in [0, 0.1) is 0 Å². The summed E-state index contributed by atoms with van der Waals surface area (Å²) in [7, 11) is 1.52. The zero-order valence-corrected chi connectivity index (χ0v) is 12.2. The first kappa shape index (κ1) is 16.1. The number of fused-ring (bicyclic) bond motifs is 1. The highest BCUT2D eigenvalue weighted by atomic mass is 19.4. The van der Waals surface area contributed by atoms with Gasteiger partial charge in [-0.2, -0.15) is 13.2 Å². The number of nitrogens with zero attached hydrogens (tertiary/aromatic N) is 1. The SMILES string of the molecule is CCN(CC(F)(F)F)C1CCc2ccc(OC)cc2C1O. The molecule has 1 aromatic carbocycles. The predicted molar refractivity (Wildman–Crippen MR) is 73.4 cm³/mol. The van der Waals surface area contributed by atoms with Gasteiger partial charge in [0.05, 0.1) is 19.8 Å². The third-order valence-corrected chi connectivity index (χ3v) is 4.00. The minimum Gasteiger partial charge on any atom is -0.497 e. The average Bonchev–Trinajstić information content (AvgIpc) is 2.44. The summed E-state index contributed by atoms with van der Waals surface area (Å²) in [5.74, 6) is 0.604. The van der Waals surface area contributed by atoms with Crippen molar-refractivity contribution in [3.63, 3.8) is 0 Å². The zero-order valence-electron chi connectivity index (χ0n) is 12.2. The Kier molecular flexibility index (Phi) is 4.78. The minimum absolute atomic E-state index is 0.251. The molecule has 0 aromatic heterocycles. The Morgan fingerprint density at radius 2 is 2.10 bits per heavy atom. The molecule has 0 spiro atoms. The molecule has 3 nitrogen and oxygen atoms in total. The standard InChI is InChI=1S/C15H20F3NO2/c1-3-19(9-15(16,17)18)13-7-5-10-4-6-11(21-2)8-12(10)14(13)20/h4,6,8,13-14,20H,3,5,7,9H2,1-2H3. The van der Waals surface area contributed by atoms with Crippen LogP contribution in [0.4, 0.5) is 13.2 Å². The lowest BCUT2D eigenvalue weighted by Crippen LogP contribution is -2.46. The monoisotopic (exact) mass is 303 g/mol. The summed E-state index contributed by atoms with van der Waals surface area (Å²) in [5, 5.41) is 10.5. The van der Waals surface area contributed by atoms with E-state index >= 15 is 0 Å². The fraction of sp³-hybridized carbons (Fsp3) is 0.600. The van der Waals surface area contributed by atoms with E-state index in [-0.39, 0.29) is 6.54 Å². The molecule has 0 radical (unpaired) electrons. The number of methoxy groups -OCH3 is 1. The number of likely N-dealkylation sites (N-methyl/N-ethyl adjacent to an activating group) is 1. The van der Waals surface area contributed by atoms with Gasteiger partial charge in [-0.25, -0.2) is 0 Å². The number of rotatable bonds is 4. The maximum absolute atomic E-state index is 12.6. The molecule has 21 heavy (non-hydrogen) atoms. The molecule has 0 aliphatic heterocycles. The van der Waals surface area contributed by atoms with Gasteiger partial charge in [0.1, 0.15) is 5.75 Å². The quantitative estimate of drug-likeness (QED) is 0.928. The van der Waals surface area contributed by atoms with Gasteiger partial charge >= 0.3 is 6.18 Å². The molecule has 1 N–H and O–H groups in total. The van der Waals surface area contributed by atoms with E-state index in [1.54, 1.807) is 19.1 Å². The van der Waals surface area contributed by atoms with Gasteiger partial charge < -0.3 is 9.84 Å². The van der Waals surface area contributed by atoms with Gasteiger partial charge in [0.25, 0.3) is 0 Å². The summed E-state index contributed by atoms with van der Waals surface area (Å²) in [6.07, 6.45) is -4.00. The number of benzene rings is 1. The molecule has 1 aromatic rings. The summed E-state index contributed by atoms with van der Waals surface area (Å²) in [6, 6.07) is 4.87. The second-order valence-corrected chi connectivity index (χ2v) is 5.29. The molecule has 1 aliphatic carbocycles. The van der Waals surface area contributed by atoms with Gasteiger partial charge in [-0.1, -0.05) is 13.0 Å². The van der Waals surface area contributed by atoms with Gasteiger partial charge in [0, 0.05) is 6.04 Å². The first-order valence-electron chi connectivity index (χ1n) is 7.01. The van der Waals surface area contributed by atoms with Gasteiger partial charge in [-0.15, -0.1) is 0 Å². The predicted octanol–water partition coefficient (Wildman–Crippen LogP) is 2.93. The number of aliphatic hydroxyl groups excluding tert-OH is 1. The maximum atomic E-state index is 12.6. The normalized spacial score (nSPS) is 22.2. The first-order chi connectivity index (χ1) is 9.85. The van der Waals surface area contributed by atoms with Crippen molar-refractivity contribution in [1.29, 1.82) is 0 Å². The number of aliphatic hydroxyl groups is 1. The highest BCUT2D eigenvalue weighted by Crippen LogP contribution is 2.36. The minimum atomic E-state index is -4.26. The van der Waals surface area contributed by atoms with Crippen LogP contribution in [-0.4, -0.2) is 42.4 Å². The number of hydrogen-bond acceptors (Lipinski definition) is 3. The molecule has 2 rings (SSSR count). The first-order valence-corrected chi connectivity index (χ1v) is 7.01. The molecule has 0 fully saturated rings. The largest absolute Gasteiger partial charge is 0.497 e. The molecular formula is C15H20F3NO2. The van der Waals surface area contributed by atoms with Crippen LogP contribution in [0.3, 0.4) is 0 Å². The number of aryl methyl sites for hydroxylation is 1. The smallest absolute Gasteiger partial charge is 0.401 e. The van der Waals surface area contributed by atoms with Crippen molar-refractivity contribution < 1.29 is 23.0 Å². The fourth-order valence-corrected chi connectivity index (χ4v) is 2.95. The van der Waals surface area contributed by atoms with Crippen LogP contribution in [0.15, 0.2) is 18.2 Å². The fourth-order valence-electron chi connectivity index (χ4n) is 2.95. The van der Waals surface area contributed by atoms with Crippen LogP contribution in [0.25, 0.3) is 0 Å². The third-order valence-electron chi connectivity index (χ3n) is 4.00. The Hall–Kier alpha value is -1.27. The Morgan fingerprint density at radius 1 is 1.38 bits per heavy atom. The van der Waals surface area contributed by atoms with Gasteiger partial charge in [0.15, 0.2) is 0 Å². The van der Waals surface area contributed by atoms with E-state index in [1.807, 2.05) is 6.07 Å². The molecular weight excluding hydrogens is 283 g/mol. The van der Waals surface area contributed by atoms with E-state index in [2.05, 4.69) is 0 Å². The van der Waals surface area contributed by atoms with Crippen molar-refractivity contribution in [1.82, 2.24) is 4.90 Å². The van der Waals surface area contributed by atoms with Crippen molar-refractivity contribution in [2.75, 3.05) is 20.2 Å². The molecule has 2 atom stereocenters. The lowest BCUT2D eigenvalue weighted by molar-refractivity contribution is -0.156. The molecule has 0 bridgehead atoms. The van der Waals surface area contributed by atoms with Crippen LogP contribution in [0.2, 0.25) is 0 Å². The maximum Gasteiger partial charge on any atom is 0.401 e. The molecule has 1 aliphatic rings. The molecule has 0 amide bonds. The highest BCUT2D eigenvalue weighted by Gasteiger charge is 2.38. The topological polar surface area (TPSA) is 32.7 Å². The third kappa shape index (κ3) is 3.68. The summed E-state index contributed by atoms with van der Waals surface area (Å²) in [5.41, 5.74) is 1.65. The lowest BCUT2D eigenvalue weighted by atomic mass is 9.85. The molecule has 0 saturated heterocycles. The van der Waals surface area contributed by atoms with E-state index in [0.717, 1.165) is 5.56 Å². The van der Waals surface area contributed by atoms with E-state index in [1.165, 1.54) is 12.0 Å². The summed E-state index contributed by atoms with van der Waals surface area (Å²) >= 11 is 0. The van der Waals surface area contributed by atoms with Crippen molar-refractivity contribution in [3.8, 4) is 5.75 Å². The number of alkyl halides is 3. The van der Waals surface area contributed by atoms with Gasteiger partial charge in [0.2, 0.25) is 0 Å². The van der Waals surface area contributed by atoms with Crippen LogP contribution >= 0.6 is 0 Å². The second-order valence-electron chi connectivity index (χ2n) is 5.29. The van der Waals surface area contributed by atoms with Crippen LogP contribution in [-0.2, 0) is 6.42 Å². The lowest BCUT2D eigenvalue weighted by Gasteiger charge is -2.38. The average molecular weight is 303 g/mol. The van der Waals surface area contributed by atoms with Crippen LogP contribution in [0.1, 0.15) is 30.6 Å². The van der Waals surface area contributed by atoms with Crippen molar-refractivity contribution in [2.45, 2.75) is 38.1 Å². The Balaban J connectivity index is 2.23. The molecule has 0 saturated carbocycles. The summed E-state index contributed by atoms with van der Waals surface area (Å²) in [6.45, 7) is 0.935. The van der Waals surface area contributed by atoms with E-state index in [4.69, 9.17) is 4.74 Å². The molecule has 2 unspecified atom stereocenters. The Bertz CT molecular complexity index is 490. The number of hydrogen-bond donors (Lipinski definition) is 1. The molecule has 0 heterocycles. The van der Waals surface area contributed by atoms with E-state index in [0.29, 0.717) is 24.2 Å². The summed E-state index contributed by atoms with van der Waals surface area (Å²) in [4.78, 5) is 1.30. The van der Waals surface area contributed by atoms with Crippen molar-refractivity contribution in [3.05, 3.63) is 29.3 Å². The van der Waals surface area contributed by atoms with Crippen LogP contribution < -0.4 is 4.74 Å². The van der Waals surface area contributed by atoms with Crippen molar-refractivity contribution in [2.24, 2.45) is 0 Å². The molecule has 118 valence electrons. The number of ether oxygens (including phenoxy) is 1. The second kappa shape index (κ2) is 6.23. The number of halogens is 3. The van der Waals surface area contributed by atoms with Gasteiger partial charge in [-0.3, -0.25) is 4.90 Å². The zero-order chi connectivity index (χ0) is 15.6. The van der Waals surface area contributed by atoms with E-state index < -0.39 is 24.9 Å². The Morgan fingerprint density at radius 3 is 2.67 bits per heavy atom. The summed E-state index contributed by atoms with van der Waals surface area (Å²) < 4.78 is 43.1. The Labute approximate surface area is 122 Å².